The van der Waals surface area contributed by atoms with E-state index in [4.69, 9.17) is 0 Å². The van der Waals surface area contributed by atoms with Gasteiger partial charge in [0.15, 0.2) is 0 Å². The SMILES string of the molecule is O=CN[C@H](C=O)C[C@@H]1CCNC1=O. The Balaban J connectivity index is 2.40. The Bertz CT molecular complexity index is 217. The van der Waals surface area contributed by atoms with Crippen LogP contribution in [0.3, 0.4) is 0 Å². The number of hydrogen-bond donors (Lipinski definition) is 2. The largest absolute Gasteiger partial charge is 0.356 e. The zero-order valence-electron chi connectivity index (χ0n) is 7.16. The van der Waals surface area contributed by atoms with Crippen molar-refractivity contribution >= 4 is 18.6 Å². The molecule has 0 aromatic heterocycles. The molecule has 13 heavy (non-hydrogen) atoms. The summed E-state index contributed by atoms with van der Waals surface area (Å²) in [6.07, 6.45) is 2.27. The predicted octanol–water partition coefficient (Wildman–Crippen LogP) is -1.17. The molecule has 1 saturated heterocycles. The second-order valence-corrected chi connectivity index (χ2v) is 3.04. The van der Waals surface area contributed by atoms with Gasteiger partial charge in [0.25, 0.3) is 0 Å². The quantitative estimate of drug-likeness (QED) is 0.528. The first-order valence-corrected chi connectivity index (χ1v) is 4.20. The Morgan fingerprint density at radius 2 is 2.38 bits per heavy atom. The van der Waals surface area contributed by atoms with Gasteiger partial charge in [0.1, 0.15) is 6.29 Å². The van der Waals surface area contributed by atoms with Crippen molar-refractivity contribution in [1.29, 1.82) is 0 Å². The van der Waals surface area contributed by atoms with Crippen molar-refractivity contribution in [2.75, 3.05) is 6.54 Å². The van der Waals surface area contributed by atoms with E-state index in [2.05, 4.69) is 10.6 Å². The van der Waals surface area contributed by atoms with Crippen LogP contribution in [0.25, 0.3) is 0 Å². The van der Waals surface area contributed by atoms with Crippen molar-refractivity contribution in [2.24, 2.45) is 5.92 Å². The molecule has 2 amide bonds. The van der Waals surface area contributed by atoms with E-state index < -0.39 is 6.04 Å². The summed E-state index contributed by atoms with van der Waals surface area (Å²) in [6.45, 7) is 0.663. The lowest BCUT2D eigenvalue weighted by molar-refractivity contribution is -0.123. The van der Waals surface area contributed by atoms with Crippen molar-refractivity contribution in [3.63, 3.8) is 0 Å². The number of hydrogen-bond acceptors (Lipinski definition) is 3. The van der Waals surface area contributed by atoms with E-state index >= 15 is 0 Å². The third-order valence-electron chi connectivity index (χ3n) is 2.15. The van der Waals surface area contributed by atoms with Crippen LogP contribution >= 0.6 is 0 Å². The smallest absolute Gasteiger partial charge is 0.223 e. The Morgan fingerprint density at radius 1 is 1.62 bits per heavy atom. The Kier molecular flexibility index (Phi) is 3.42. The van der Waals surface area contributed by atoms with Crippen molar-refractivity contribution < 1.29 is 14.4 Å². The van der Waals surface area contributed by atoms with Crippen LogP contribution in [0, 0.1) is 5.92 Å². The molecule has 0 aromatic rings. The second-order valence-electron chi connectivity index (χ2n) is 3.04. The molecule has 1 aliphatic rings. The van der Waals surface area contributed by atoms with Crippen LogP contribution in [0.4, 0.5) is 0 Å². The van der Waals surface area contributed by atoms with E-state index in [0.717, 1.165) is 6.42 Å². The fraction of sp³-hybridized carbons (Fsp3) is 0.625. The molecule has 5 nitrogen and oxygen atoms in total. The van der Waals surface area contributed by atoms with Crippen LogP contribution in [0.2, 0.25) is 0 Å². The summed E-state index contributed by atoms with van der Waals surface area (Å²) in [5.74, 6) is -0.165. The first kappa shape index (κ1) is 9.70. The zero-order chi connectivity index (χ0) is 9.68. The fourth-order valence-electron chi connectivity index (χ4n) is 1.43. The summed E-state index contributed by atoms with van der Waals surface area (Å²) in [7, 11) is 0. The highest BCUT2D eigenvalue weighted by atomic mass is 16.2. The summed E-state index contributed by atoms with van der Waals surface area (Å²) < 4.78 is 0. The van der Waals surface area contributed by atoms with Gasteiger partial charge in [-0.2, -0.15) is 0 Å². The summed E-state index contributed by atoms with van der Waals surface area (Å²) in [5.41, 5.74) is 0. The Morgan fingerprint density at radius 3 is 2.85 bits per heavy atom. The highest BCUT2D eigenvalue weighted by Gasteiger charge is 2.26. The molecule has 1 fully saturated rings. The van der Waals surface area contributed by atoms with E-state index in [0.29, 0.717) is 25.7 Å². The zero-order valence-corrected chi connectivity index (χ0v) is 7.16. The van der Waals surface area contributed by atoms with Crippen LogP contribution in [0.5, 0.6) is 0 Å². The van der Waals surface area contributed by atoms with E-state index in [1.165, 1.54) is 0 Å². The van der Waals surface area contributed by atoms with Crippen LogP contribution in [0.1, 0.15) is 12.8 Å². The molecule has 1 rings (SSSR count). The van der Waals surface area contributed by atoms with Gasteiger partial charge >= 0.3 is 0 Å². The van der Waals surface area contributed by atoms with Gasteiger partial charge in [0.2, 0.25) is 12.3 Å². The maximum Gasteiger partial charge on any atom is 0.223 e. The fourth-order valence-corrected chi connectivity index (χ4v) is 1.43. The van der Waals surface area contributed by atoms with Crippen molar-refractivity contribution in [2.45, 2.75) is 18.9 Å². The van der Waals surface area contributed by atoms with Gasteiger partial charge in [-0.25, -0.2) is 0 Å². The standard InChI is InChI=1S/C8H12N2O3/c11-4-7(10-5-12)3-6-1-2-9-8(6)13/h4-7H,1-3H2,(H,9,13)(H,10,12)/t6-,7-/m0/s1. The average Bonchev–Trinajstić information content (AvgIpc) is 2.51. The lowest BCUT2D eigenvalue weighted by atomic mass is 9.99. The van der Waals surface area contributed by atoms with Crippen molar-refractivity contribution in [1.82, 2.24) is 10.6 Å². The molecule has 0 saturated carbocycles. The third kappa shape index (κ3) is 2.54. The van der Waals surface area contributed by atoms with Crippen LogP contribution in [0.15, 0.2) is 0 Å². The van der Waals surface area contributed by atoms with E-state index in [-0.39, 0.29) is 11.8 Å². The maximum atomic E-state index is 11.1. The van der Waals surface area contributed by atoms with Crippen LogP contribution in [-0.4, -0.2) is 31.2 Å². The molecule has 2 N–H and O–H groups in total. The molecule has 2 atom stereocenters. The Labute approximate surface area is 75.9 Å². The normalized spacial score (nSPS) is 23.4. The van der Waals surface area contributed by atoms with Crippen LogP contribution in [-0.2, 0) is 14.4 Å². The number of amides is 2. The lowest BCUT2D eigenvalue weighted by Gasteiger charge is -2.11. The molecular formula is C8H12N2O3. The van der Waals surface area contributed by atoms with Gasteiger partial charge in [0.05, 0.1) is 6.04 Å². The number of nitrogens with one attached hydrogen (secondary N) is 2. The summed E-state index contributed by atoms with van der Waals surface area (Å²) >= 11 is 0. The molecular weight excluding hydrogens is 172 g/mol. The summed E-state index contributed by atoms with van der Waals surface area (Å²) in [5, 5.41) is 5.02. The first-order chi connectivity index (χ1) is 6.27. The molecule has 72 valence electrons. The van der Waals surface area contributed by atoms with Gasteiger partial charge in [-0.3, -0.25) is 9.59 Å². The molecule has 0 aliphatic carbocycles. The van der Waals surface area contributed by atoms with Gasteiger partial charge < -0.3 is 15.4 Å². The molecule has 0 spiro atoms. The van der Waals surface area contributed by atoms with Crippen LogP contribution < -0.4 is 10.6 Å². The highest BCUT2D eigenvalue weighted by molar-refractivity contribution is 5.81. The molecule has 0 unspecified atom stereocenters. The van der Waals surface area contributed by atoms with Gasteiger partial charge in [-0.1, -0.05) is 0 Å². The molecule has 1 heterocycles. The number of aldehydes is 1. The predicted molar refractivity (Wildman–Crippen MR) is 44.8 cm³/mol. The average molecular weight is 184 g/mol. The number of rotatable bonds is 5. The molecule has 0 radical (unpaired) electrons. The number of carbonyl (C=O) groups is 3. The monoisotopic (exact) mass is 184 g/mol. The lowest BCUT2D eigenvalue weighted by Crippen LogP contribution is -2.33. The summed E-state index contributed by atoms with van der Waals surface area (Å²) in [4.78, 5) is 31.6. The van der Waals surface area contributed by atoms with E-state index in [1.807, 2.05) is 0 Å². The maximum absolute atomic E-state index is 11.1. The minimum absolute atomic E-state index is 0.0282. The first-order valence-electron chi connectivity index (χ1n) is 4.20. The van der Waals surface area contributed by atoms with Gasteiger partial charge in [-0.15, -0.1) is 0 Å². The van der Waals surface area contributed by atoms with E-state index in [9.17, 15) is 14.4 Å². The van der Waals surface area contributed by atoms with Crippen molar-refractivity contribution in [3.05, 3.63) is 0 Å². The minimum atomic E-state index is -0.536. The Hall–Kier alpha value is -1.39. The molecule has 0 aromatic carbocycles. The number of carbonyl (C=O) groups excluding carboxylic acids is 3. The topological polar surface area (TPSA) is 75.3 Å². The minimum Gasteiger partial charge on any atom is -0.356 e. The van der Waals surface area contributed by atoms with E-state index in [1.54, 1.807) is 0 Å². The van der Waals surface area contributed by atoms with Crippen molar-refractivity contribution in [3.8, 4) is 0 Å². The summed E-state index contributed by atoms with van der Waals surface area (Å²) in [6, 6.07) is -0.536. The second kappa shape index (κ2) is 4.59. The molecule has 5 heteroatoms. The van der Waals surface area contributed by atoms with Gasteiger partial charge in [0, 0.05) is 12.5 Å². The third-order valence-corrected chi connectivity index (χ3v) is 2.15. The highest BCUT2D eigenvalue weighted by Crippen LogP contribution is 2.14. The molecule has 1 aliphatic heterocycles. The molecule has 0 bridgehead atoms. The van der Waals surface area contributed by atoms with Gasteiger partial charge in [-0.05, 0) is 12.8 Å².